The van der Waals surface area contributed by atoms with Crippen LogP contribution in [0.25, 0.3) is 10.2 Å². The number of methoxy groups -OCH3 is 1. The molecular formula is C18H18FN3O2S. The quantitative estimate of drug-likeness (QED) is 0.734. The van der Waals surface area contributed by atoms with E-state index in [-0.39, 0.29) is 18.3 Å². The third-order valence-corrected chi connectivity index (χ3v) is 4.84. The Labute approximate surface area is 149 Å². The molecule has 1 heterocycles. The Bertz CT molecular complexity index is 880. The van der Waals surface area contributed by atoms with Gasteiger partial charge in [-0.05, 0) is 29.8 Å². The van der Waals surface area contributed by atoms with Crippen LogP contribution in [0.4, 0.5) is 9.52 Å². The van der Waals surface area contributed by atoms with E-state index in [1.165, 1.54) is 23.5 Å². The zero-order chi connectivity index (χ0) is 17.8. The lowest BCUT2D eigenvalue weighted by Gasteiger charge is -2.15. The Kier molecular flexibility index (Phi) is 5.14. The van der Waals surface area contributed by atoms with Crippen LogP contribution in [0.5, 0.6) is 5.75 Å². The molecule has 130 valence electrons. The molecule has 0 bridgehead atoms. The maximum atomic E-state index is 12.9. The molecule has 0 saturated heterocycles. The zero-order valence-corrected chi connectivity index (χ0v) is 14.8. The second-order valence-corrected chi connectivity index (χ2v) is 6.57. The average Bonchev–Trinajstić information content (AvgIpc) is 3.05. The number of carbonyl (C=O) groups excluding carboxylic acids is 1. The highest BCUT2D eigenvalue weighted by molar-refractivity contribution is 7.22. The fourth-order valence-corrected chi connectivity index (χ4v) is 3.32. The van der Waals surface area contributed by atoms with Gasteiger partial charge in [-0.3, -0.25) is 4.79 Å². The van der Waals surface area contributed by atoms with Crippen molar-refractivity contribution in [1.82, 2.24) is 10.3 Å². The fraction of sp³-hybridized carbons (Fsp3) is 0.222. The molecule has 2 aromatic carbocycles. The number of carbonyl (C=O) groups is 1. The van der Waals surface area contributed by atoms with Gasteiger partial charge in [-0.2, -0.15) is 0 Å². The van der Waals surface area contributed by atoms with E-state index in [9.17, 15) is 9.18 Å². The van der Waals surface area contributed by atoms with Crippen molar-refractivity contribution < 1.29 is 13.9 Å². The van der Waals surface area contributed by atoms with Gasteiger partial charge in [0, 0.05) is 13.6 Å². The van der Waals surface area contributed by atoms with E-state index in [1.807, 2.05) is 25.2 Å². The molecule has 0 atom stereocenters. The van der Waals surface area contributed by atoms with Gasteiger partial charge in [0.25, 0.3) is 0 Å². The number of benzene rings is 2. The smallest absolute Gasteiger partial charge is 0.239 e. The lowest BCUT2D eigenvalue weighted by Crippen LogP contribution is -2.34. The van der Waals surface area contributed by atoms with Gasteiger partial charge in [-0.15, -0.1) is 0 Å². The number of fused-ring (bicyclic) bond motifs is 1. The van der Waals surface area contributed by atoms with Crippen molar-refractivity contribution in [2.24, 2.45) is 0 Å². The van der Waals surface area contributed by atoms with Crippen molar-refractivity contribution in [3.8, 4) is 5.75 Å². The lowest BCUT2D eigenvalue weighted by atomic mass is 10.2. The van der Waals surface area contributed by atoms with Gasteiger partial charge in [0.05, 0.1) is 18.4 Å². The second kappa shape index (κ2) is 7.48. The summed E-state index contributed by atoms with van der Waals surface area (Å²) in [6.07, 6.45) is 0. The van der Waals surface area contributed by atoms with Crippen molar-refractivity contribution in [3.63, 3.8) is 0 Å². The first-order valence-corrected chi connectivity index (χ1v) is 8.54. The normalized spacial score (nSPS) is 10.7. The third-order valence-electron chi connectivity index (χ3n) is 3.70. The molecule has 5 nitrogen and oxygen atoms in total. The predicted octanol–water partition coefficient (Wildman–Crippen LogP) is 3.20. The Balaban J connectivity index is 1.62. The van der Waals surface area contributed by atoms with Crippen molar-refractivity contribution in [3.05, 3.63) is 53.8 Å². The minimum Gasteiger partial charge on any atom is -0.494 e. The monoisotopic (exact) mass is 359 g/mol. The van der Waals surface area contributed by atoms with Crippen molar-refractivity contribution in [1.29, 1.82) is 0 Å². The summed E-state index contributed by atoms with van der Waals surface area (Å²) in [6, 6.07) is 11.8. The summed E-state index contributed by atoms with van der Waals surface area (Å²) in [5.74, 6) is 0.299. The molecule has 3 rings (SSSR count). The molecule has 3 aromatic rings. The standard InChI is InChI=1S/C18H18FN3O2S/c1-22(11-16(23)20-10-12-6-8-13(19)9-7-12)18-21-17-14(24-2)4-3-5-15(17)25-18/h3-9H,10-11H2,1-2H3,(H,20,23). The molecule has 0 aliphatic rings. The number of ether oxygens (including phenoxy) is 1. The summed E-state index contributed by atoms with van der Waals surface area (Å²) >= 11 is 1.51. The van der Waals surface area contributed by atoms with E-state index in [0.717, 1.165) is 20.9 Å². The van der Waals surface area contributed by atoms with Gasteiger partial charge in [0.1, 0.15) is 17.1 Å². The number of likely N-dealkylation sites (N-methyl/N-ethyl adjacent to an activating group) is 1. The molecule has 0 aliphatic heterocycles. The number of amides is 1. The summed E-state index contributed by atoms with van der Waals surface area (Å²) in [7, 11) is 3.43. The molecular weight excluding hydrogens is 341 g/mol. The largest absolute Gasteiger partial charge is 0.494 e. The maximum Gasteiger partial charge on any atom is 0.239 e. The summed E-state index contributed by atoms with van der Waals surface area (Å²) < 4.78 is 19.2. The fourth-order valence-electron chi connectivity index (χ4n) is 2.38. The molecule has 7 heteroatoms. The number of nitrogens with one attached hydrogen (secondary N) is 1. The second-order valence-electron chi connectivity index (χ2n) is 5.56. The summed E-state index contributed by atoms with van der Waals surface area (Å²) in [5.41, 5.74) is 1.64. The highest BCUT2D eigenvalue weighted by Gasteiger charge is 2.14. The van der Waals surface area contributed by atoms with Crippen LogP contribution in [0.3, 0.4) is 0 Å². The Hall–Kier alpha value is -2.67. The van der Waals surface area contributed by atoms with E-state index in [1.54, 1.807) is 24.1 Å². The van der Waals surface area contributed by atoms with Gasteiger partial charge in [-0.25, -0.2) is 9.37 Å². The summed E-state index contributed by atoms with van der Waals surface area (Å²) in [4.78, 5) is 18.5. The summed E-state index contributed by atoms with van der Waals surface area (Å²) in [6.45, 7) is 0.546. The minimum absolute atomic E-state index is 0.127. The van der Waals surface area contributed by atoms with Crippen LogP contribution in [0.2, 0.25) is 0 Å². The number of hydrogen-bond donors (Lipinski definition) is 1. The Morgan fingerprint density at radius 3 is 2.76 bits per heavy atom. The molecule has 1 amide bonds. The van der Waals surface area contributed by atoms with Gasteiger partial charge in [0.15, 0.2) is 5.13 Å². The van der Waals surface area contributed by atoms with E-state index in [0.29, 0.717) is 12.3 Å². The van der Waals surface area contributed by atoms with E-state index < -0.39 is 0 Å². The number of aromatic nitrogens is 1. The number of rotatable bonds is 6. The van der Waals surface area contributed by atoms with Crippen LogP contribution >= 0.6 is 11.3 Å². The highest BCUT2D eigenvalue weighted by Crippen LogP contribution is 2.33. The molecule has 0 spiro atoms. The first-order chi connectivity index (χ1) is 12.1. The first kappa shape index (κ1) is 17.2. The van der Waals surface area contributed by atoms with Crippen LogP contribution in [-0.4, -0.2) is 31.6 Å². The molecule has 0 aliphatic carbocycles. The number of para-hydroxylation sites is 1. The van der Waals surface area contributed by atoms with Crippen molar-refractivity contribution in [2.75, 3.05) is 25.6 Å². The molecule has 1 aromatic heterocycles. The highest BCUT2D eigenvalue weighted by atomic mass is 32.1. The molecule has 25 heavy (non-hydrogen) atoms. The number of thiazole rings is 1. The van der Waals surface area contributed by atoms with Gasteiger partial charge in [0.2, 0.25) is 5.91 Å². The molecule has 0 fully saturated rings. The number of hydrogen-bond acceptors (Lipinski definition) is 5. The van der Waals surface area contributed by atoms with Gasteiger partial charge < -0.3 is 15.0 Å². The predicted molar refractivity (Wildman–Crippen MR) is 97.7 cm³/mol. The Morgan fingerprint density at radius 1 is 1.28 bits per heavy atom. The number of nitrogens with zero attached hydrogens (tertiary/aromatic N) is 2. The van der Waals surface area contributed by atoms with Crippen molar-refractivity contribution >= 4 is 32.6 Å². The molecule has 0 saturated carbocycles. The van der Waals surface area contributed by atoms with Crippen LogP contribution in [0.1, 0.15) is 5.56 Å². The van der Waals surface area contributed by atoms with E-state index in [4.69, 9.17) is 4.74 Å². The topological polar surface area (TPSA) is 54.5 Å². The SMILES string of the molecule is COc1cccc2sc(N(C)CC(=O)NCc3ccc(F)cc3)nc12. The van der Waals surface area contributed by atoms with E-state index >= 15 is 0 Å². The van der Waals surface area contributed by atoms with Crippen LogP contribution in [0.15, 0.2) is 42.5 Å². The lowest BCUT2D eigenvalue weighted by molar-refractivity contribution is -0.119. The molecule has 0 unspecified atom stereocenters. The molecule has 0 radical (unpaired) electrons. The number of anilines is 1. The first-order valence-electron chi connectivity index (χ1n) is 7.72. The summed E-state index contributed by atoms with van der Waals surface area (Å²) in [5, 5.41) is 3.57. The molecule has 1 N–H and O–H groups in total. The Morgan fingerprint density at radius 2 is 2.04 bits per heavy atom. The third kappa shape index (κ3) is 4.06. The average molecular weight is 359 g/mol. The number of halogens is 1. The van der Waals surface area contributed by atoms with Crippen LogP contribution in [0, 0.1) is 5.82 Å². The minimum atomic E-state index is -0.291. The van der Waals surface area contributed by atoms with Gasteiger partial charge >= 0.3 is 0 Å². The van der Waals surface area contributed by atoms with Crippen molar-refractivity contribution in [2.45, 2.75) is 6.54 Å². The van der Waals surface area contributed by atoms with Crippen LogP contribution < -0.4 is 15.0 Å². The van der Waals surface area contributed by atoms with Gasteiger partial charge in [-0.1, -0.05) is 29.5 Å². The zero-order valence-electron chi connectivity index (χ0n) is 14.0. The van der Waals surface area contributed by atoms with Crippen LogP contribution in [-0.2, 0) is 11.3 Å². The maximum absolute atomic E-state index is 12.9. The van der Waals surface area contributed by atoms with E-state index in [2.05, 4.69) is 10.3 Å².